The van der Waals surface area contributed by atoms with Gasteiger partial charge in [0, 0.05) is 24.2 Å². The van der Waals surface area contributed by atoms with Gasteiger partial charge in [-0.25, -0.2) is 9.97 Å². The first-order chi connectivity index (χ1) is 15.0. The van der Waals surface area contributed by atoms with Gasteiger partial charge in [-0.3, -0.25) is 4.57 Å². The molecule has 0 bridgehead atoms. The van der Waals surface area contributed by atoms with Crippen LogP contribution in [0.1, 0.15) is 23.4 Å². The van der Waals surface area contributed by atoms with Crippen LogP contribution in [0.5, 0.6) is 11.5 Å². The van der Waals surface area contributed by atoms with Crippen molar-refractivity contribution in [3.05, 3.63) is 58.5 Å². The van der Waals surface area contributed by atoms with E-state index in [2.05, 4.69) is 10.3 Å². The number of fused-ring (bicyclic) bond motifs is 1. The van der Waals surface area contributed by atoms with Gasteiger partial charge in [-0.2, -0.15) is 11.3 Å². The SMILES string of the molecule is COc1cc2ncn(-c3ccc(C(N)O)c(NC(CN)c4ccsc4)n3)c2cc1OC. The zero-order valence-electron chi connectivity index (χ0n) is 17.1. The summed E-state index contributed by atoms with van der Waals surface area (Å²) in [5, 5.41) is 17.4. The summed E-state index contributed by atoms with van der Waals surface area (Å²) >= 11 is 1.59. The maximum Gasteiger partial charge on any atom is 0.163 e. The average Bonchev–Trinajstić information content (AvgIpc) is 3.46. The number of aromatic nitrogens is 3. The van der Waals surface area contributed by atoms with Crippen LogP contribution in [-0.2, 0) is 0 Å². The minimum Gasteiger partial charge on any atom is -0.493 e. The molecule has 10 heteroatoms. The van der Waals surface area contributed by atoms with Crippen LogP contribution >= 0.6 is 11.3 Å². The van der Waals surface area contributed by atoms with Crippen LogP contribution in [-0.4, -0.2) is 40.4 Å². The van der Waals surface area contributed by atoms with Gasteiger partial charge in [-0.1, -0.05) is 0 Å². The Morgan fingerprint density at radius 2 is 1.97 bits per heavy atom. The van der Waals surface area contributed by atoms with E-state index in [0.29, 0.717) is 35.2 Å². The van der Waals surface area contributed by atoms with Crippen LogP contribution in [0, 0.1) is 0 Å². The number of ether oxygens (including phenoxy) is 2. The Bertz CT molecular complexity index is 1180. The summed E-state index contributed by atoms with van der Waals surface area (Å²) in [6.45, 7) is 0.355. The van der Waals surface area contributed by atoms with Crippen molar-refractivity contribution in [1.82, 2.24) is 14.5 Å². The van der Waals surface area contributed by atoms with Gasteiger partial charge in [0.1, 0.15) is 24.2 Å². The molecule has 0 fully saturated rings. The summed E-state index contributed by atoms with van der Waals surface area (Å²) in [5.41, 5.74) is 14.8. The summed E-state index contributed by atoms with van der Waals surface area (Å²) in [4.78, 5) is 9.19. The Kier molecular flexibility index (Phi) is 6.05. The number of aliphatic hydroxyl groups excluding tert-OH is 1. The smallest absolute Gasteiger partial charge is 0.163 e. The molecule has 4 aromatic rings. The Hall–Kier alpha value is -3.18. The molecule has 0 aliphatic carbocycles. The summed E-state index contributed by atoms with van der Waals surface area (Å²) in [6, 6.07) is 8.99. The van der Waals surface area contributed by atoms with Crippen molar-refractivity contribution in [3.8, 4) is 17.3 Å². The van der Waals surface area contributed by atoms with Crippen molar-refractivity contribution in [2.24, 2.45) is 11.5 Å². The minimum atomic E-state index is -1.19. The van der Waals surface area contributed by atoms with E-state index in [4.69, 9.17) is 25.9 Å². The van der Waals surface area contributed by atoms with Gasteiger partial charge in [0.15, 0.2) is 11.5 Å². The summed E-state index contributed by atoms with van der Waals surface area (Å²) in [5.74, 6) is 2.24. The van der Waals surface area contributed by atoms with Gasteiger partial charge in [0.25, 0.3) is 0 Å². The Morgan fingerprint density at radius 3 is 2.61 bits per heavy atom. The van der Waals surface area contributed by atoms with Crippen LogP contribution in [0.3, 0.4) is 0 Å². The van der Waals surface area contributed by atoms with Crippen LogP contribution < -0.4 is 26.3 Å². The quantitative estimate of drug-likeness (QED) is 0.307. The van der Waals surface area contributed by atoms with Gasteiger partial charge < -0.3 is 31.4 Å². The number of anilines is 1. The van der Waals surface area contributed by atoms with E-state index in [-0.39, 0.29) is 6.04 Å². The second-order valence-electron chi connectivity index (χ2n) is 6.85. The predicted octanol–water partition coefficient (Wildman–Crippen LogP) is 2.56. The molecule has 6 N–H and O–H groups in total. The van der Waals surface area contributed by atoms with E-state index in [0.717, 1.165) is 16.6 Å². The number of aliphatic hydroxyl groups is 1. The number of pyridine rings is 1. The highest BCUT2D eigenvalue weighted by Gasteiger charge is 2.18. The maximum atomic E-state index is 10.1. The second kappa shape index (κ2) is 8.90. The minimum absolute atomic E-state index is 0.171. The number of thiophene rings is 1. The topological polar surface area (TPSA) is 133 Å². The first kappa shape index (κ1) is 21.1. The normalized spacial score (nSPS) is 13.2. The standard InChI is InChI=1S/C21H24N6O3S/c1-29-17-7-14-16(8-18(17)30-2)27(11-24-14)19-4-3-13(20(23)28)21(26-19)25-15(9-22)12-5-6-31-10-12/h3-8,10-11,15,20,28H,9,22-23H2,1-2H3,(H,25,26). The zero-order chi connectivity index (χ0) is 22.0. The number of methoxy groups -OCH3 is 2. The number of benzene rings is 1. The third-order valence-electron chi connectivity index (χ3n) is 5.02. The highest BCUT2D eigenvalue weighted by Crippen LogP contribution is 2.33. The lowest BCUT2D eigenvalue weighted by Crippen LogP contribution is -2.23. The third-order valence-corrected chi connectivity index (χ3v) is 5.72. The fourth-order valence-corrected chi connectivity index (χ4v) is 4.10. The van der Waals surface area contributed by atoms with E-state index in [1.165, 1.54) is 0 Å². The molecule has 9 nitrogen and oxygen atoms in total. The summed E-state index contributed by atoms with van der Waals surface area (Å²) in [6.07, 6.45) is 0.488. The van der Waals surface area contributed by atoms with Crippen LogP contribution in [0.4, 0.5) is 5.82 Å². The van der Waals surface area contributed by atoms with Gasteiger partial charge >= 0.3 is 0 Å². The predicted molar refractivity (Wildman–Crippen MR) is 121 cm³/mol. The van der Waals surface area contributed by atoms with Crippen molar-refractivity contribution in [2.75, 3.05) is 26.1 Å². The molecule has 0 spiro atoms. The van der Waals surface area contributed by atoms with E-state index < -0.39 is 6.23 Å². The van der Waals surface area contributed by atoms with E-state index >= 15 is 0 Å². The molecule has 0 saturated heterocycles. The number of nitrogens with zero attached hydrogens (tertiary/aromatic N) is 3. The van der Waals surface area contributed by atoms with Crippen molar-refractivity contribution in [2.45, 2.75) is 12.3 Å². The van der Waals surface area contributed by atoms with Crippen LogP contribution in [0.25, 0.3) is 16.9 Å². The van der Waals surface area contributed by atoms with Crippen LogP contribution in [0.15, 0.2) is 47.4 Å². The van der Waals surface area contributed by atoms with Gasteiger partial charge in [0.05, 0.1) is 31.3 Å². The van der Waals surface area contributed by atoms with Crippen LogP contribution in [0.2, 0.25) is 0 Å². The van der Waals surface area contributed by atoms with Crippen molar-refractivity contribution in [3.63, 3.8) is 0 Å². The summed E-state index contributed by atoms with van der Waals surface area (Å²) < 4.78 is 12.6. The van der Waals surface area contributed by atoms with Gasteiger partial charge in [-0.05, 0) is 34.5 Å². The Morgan fingerprint density at radius 1 is 1.19 bits per heavy atom. The lowest BCUT2D eigenvalue weighted by molar-refractivity contribution is 0.186. The Labute approximate surface area is 183 Å². The molecule has 0 aliphatic rings. The number of rotatable bonds is 8. The van der Waals surface area contributed by atoms with Crippen molar-refractivity contribution < 1.29 is 14.6 Å². The summed E-state index contributed by atoms with van der Waals surface area (Å²) in [7, 11) is 3.16. The average molecular weight is 441 g/mol. The van der Waals surface area contributed by atoms with Gasteiger partial charge in [-0.15, -0.1) is 0 Å². The fourth-order valence-electron chi connectivity index (χ4n) is 3.38. The molecule has 3 heterocycles. The largest absolute Gasteiger partial charge is 0.493 e. The molecule has 2 atom stereocenters. The number of hydrogen-bond donors (Lipinski definition) is 4. The molecular formula is C21H24N6O3S. The molecule has 0 saturated carbocycles. The van der Waals surface area contributed by atoms with E-state index in [9.17, 15) is 5.11 Å². The lowest BCUT2D eigenvalue weighted by Gasteiger charge is -2.20. The van der Waals surface area contributed by atoms with Gasteiger partial charge in [0.2, 0.25) is 0 Å². The molecule has 0 amide bonds. The highest BCUT2D eigenvalue weighted by molar-refractivity contribution is 7.08. The first-order valence-electron chi connectivity index (χ1n) is 9.58. The monoisotopic (exact) mass is 440 g/mol. The maximum absolute atomic E-state index is 10.1. The van der Waals surface area contributed by atoms with Crippen molar-refractivity contribution >= 4 is 28.2 Å². The number of imidazole rings is 1. The Balaban J connectivity index is 1.78. The first-order valence-corrected chi connectivity index (χ1v) is 10.5. The molecule has 162 valence electrons. The third kappa shape index (κ3) is 4.06. The molecule has 2 unspecified atom stereocenters. The van der Waals surface area contributed by atoms with Crippen molar-refractivity contribution in [1.29, 1.82) is 0 Å². The van der Waals surface area contributed by atoms with E-state index in [1.807, 2.05) is 33.5 Å². The molecule has 1 aromatic carbocycles. The molecular weight excluding hydrogens is 416 g/mol. The fraction of sp³-hybridized carbons (Fsp3) is 0.238. The lowest BCUT2D eigenvalue weighted by atomic mass is 10.1. The molecule has 4 rings (SSSR count). The van der Waals surface area contributed by atoms with E-state index in [1.54, 1.807) is 44.0 Å². The number of nitrogens with one attached hydrogen (secondary N) is 1. The highest BCUT2D eigenvalue weighted by atomic mass is 32.1. The second-order valence-corrected chi connectivity index (χ2v) is 7.63. The zero-order valence-corrected chi connectivity index (χ0v) is 18.0. The molecule has 3 aromatic heterocycles. The number of hydrogen-bond acceptors (Lipinski definition) is 9. The number of nitrogens with two attached hydrogens (primary N) is 2. The molecule has 31 heavy (non-hydrogen) atoms. The molecule has 0 aliphatic heterocycles. The molecule has 0 radical (unpaired) electrons.